The minimum atomic E-state index is 0.663. The van der Waals surface area contributed by atoms with Crippen molar-refractivity contribution in [2.24, 2.45) is 0 Å². The number of rotatable bonds is 0. The van der Waals surface area contributed by atoms with Crippen LogP contribution in [0.1, 0.15) is 58.8 Å². The van der Waals surface area contributed by atoms with Crippen LogP contribution in [0.25, 0.3) is 0 Å². The molecule has 0 aromatic carbocycles. The first-order chi connectivity index (χ1) is 5.83. The van der Waals surface area contributed by atoms with Crippen LogP contribution in [0.5, 0.6) is 0 Å². The average molecular weight is 169 g/mol. The number of nitrogens with one attached hydrogen (secondary N) is 1. The van der Waals surface area contributed by atoms with Crippen LogP contribution in [0, 0.1) is 0 Å². The Morgan fingerprint density at radius 2 is 1.42 bits per heavy atom. The Morgan fingerprint density at radius 3 is 1.75 bits per heavy atom. The lowest BCUT2D eigenvalue weighted by Crippen LogP contribution is -2.12. The van der Waals surface area contributed by atoms with E-state index in [9.17, 15) is 0 Å². The molecule has 1 N–H and O–H groups in total. The minimum absolute atomic E-state index is 0.663. The Labute approximate surface area is 76.9 Å². The maximum Gasteiger partial charge on any atom is 0.0307 e. The van der Waals surface area contributed by atoms with E-state index >= 15 is 0 Å². The summed E-state index contributed by atoms with van der Waals surface area (Å²) in [5, 5.41) is 3.49. The molecule has 2 aliphatic rings. The molecule has 1 heterocycles. The molecular weight excluding hydrogens is 146 g/mol. The highest BCUT2D eigenvalue weighted by atomic mass is 15.2. The van der Waals surface area contributed by atoms with Crippen molar-refractivity contribution >= 4 is 0 Å². The molecule has 1 aliphatic heterocycles. The van der Waals surface area contributed by atoms with Gasteiger partial charge in [0.2, 0.25) is 0 Å². The first-order valence-electron chi connectivity index (χ1n) is 5.58. The highest BCUT2D eigenvalue weighted by molar-refractivity contribution is 5.03. The highest BCUT2D eigenvalue weighted by Crippen LogP contribution is 2.33. The molecule has 0 radical (unpaired) electrons. The monoisotopic (exact) mass is 169 g/mol. The third-order valence-electron chi connectivity index (χ3n) is 2.74. The highest BCUT2D eigenvalue weighted by Gasteiger charge is 2.40. The van der Waals surface area contributed by atoms with Gasteiger partial charge in [-0.15, -0.1) is 0 Å². The fourth-order valence-corrected chi connectivity index (χ4v) is 1.88. The van der Waals surface area contributed by atoms with Crippen LogP contribution in [-0.4, -0.2) is 12.1 Å². The van der Waals surface area contributed by atoms with Gasteiger partial charge in [-0.25, -0.2) is 0 Å². The molecule has 1 spiro atoms. The maximum absolute atomic E-state index is 3.49. The van der Waals surface area contributed by atoms with Crippen LogP contribution in [0.15, 0.2) is 0 Å². The molecule has 1 heteroatoms. The Bertz CT molecular complexity index is 106. The van der Waals surface area contributed by atoms with E-state index in [-0.39, 0.29) is 0 Å². The van der Waals surface area contributed by atoms with E-state index in [4.69, 9.17) is 0 Å². The van der Waals surface area contributed by atoms with Crippen LogP contribution in [-0.2, 0) is 0 Å². The summed E-state index contributed by atoms with van der Waals surface area (Å²) in [5.41, 5.74) is 0.663. The van der Waals surface area contributed by atoms with E-state index in [1.54, 1.807) is 0 Å². The summed E-state index contributed by atoms with van der Waals surface area (Å²) in [4.78, 5) is 0. The van der Waals surface area contributed by atoms with Crippen LogP contribution in [0.2, 0.25) is 0 Å². The fourth-order valence-electron chi connectivity index (χ4n) is 1.88. The van der Waals surface area contributed by atoms with E-state index in [0.717, 1.165) is 0 Å². The van der Waals surface area contributed by atoms with Crippen molar-refractivity contribution in [1.82, 2.24) is 5.32 Å². The zero-order valence-corrected chi connectivity index (χ0v) is 8.66. The van der Waals surface area contributed by atoms with Gasteiger partial charge in [-0.05, 0) is 12.8 Å². The largest absolute Gasteiger partial charge is 0.308 e. The van der Waals surface area contributed by atoms with Crippen molar-refractivity contribution in [3.63, 3.8) is 0 Å². The van der Waals surface area contributed by atoms with Gasteiger partial charge in [0.15, 0.2) is 0 Å². The first kappa shape index (κ1) is 10.0. The summed E-state index contributed by atoms with van der Waals surface area (Å²) in [7, 11) is 0. The smallest absolute Gasteiger partial charge is 0.0307 e. The fraction of sp³-hybridized carbons (Fsp3) is 1.00. The Balaban J connectivity index is 0.000000213. The van der Waals surface area contributed by atoms with Gasteiger partial charge in [0.25, 0.3) is 0 Å². The Hall–Kier alpha value is -0.0400. The van der Waals surface area contributed by atoms with Crippen molar-refractivity contribution in [2.45, 2.75) is 64.3 Å². The second kappa shape index (κ2) is 4.86. The van der Waals surface area contributed by atoms with Gasteiger partial charge >= 0.3 is 0 Å². The third-order valence-corrected chi connectivity index (χ3v) is 2.74. The SMILES string of the molecule is C1CCCC2(CC1)CN2.CCC. The van der Waals surface area contributed by atoms with Gasteiger partial charge in [-0.2, -0.15) is 0 Å². The zero-order chi connectivity index (χ0) is 8.86. The number of hydrogen-bond donors (Lipinski definition) is 1. The zero-order valence-electron chi connectivity index (χ0n) is 8.66. The molecule has 72 valence electrons. The van der Waals surface area contributed by atoms with Gasteiger partial charge in [-0.3, -0.25) is 0 Å². The topological polar surface area (TPSA) is 21.9 Å². The molecule has 1 saturated carbocycles. The molecule has 0 aromatic heterocycles. The molecular formula is C11H23N. The van der Waals surface area contributed by atoms with Crippen molar-refractivity contribution in [3.8, 4) is 0 Å². The van der Waals surface area contributed by atoms with Crippen LogP contribution < -0.4 is 5.32 Å². The third kappa shape index (κ3) is 3.14. The molecule has 1 nitrogen and oxygen atoms in total. The summed E-state index contributed by atoms with van der Waals surface area (Å²) < 4.78 is 0. The molecule has 0 unspecified atom stereocenters. The minimum Gasteiger partial charge on any atom is -0.308 e. The Kier molecular flexibility index (Phi) is 4.07. The van der Waals surface area contributed by atoms with E-state index in [2.05, 4.69) is 19.2 Å². The van der Waals surface area contributed by atoms with E-state index < -0.39 is 0 Å². The first-order valence-corrected chi connectivity index (χ1v) is 5.58. The second-order valence-electron chi connectivity index (χ2n) is 4.26. The van der Waals surface area contributed by atoms with Crippen LogP contribution in [0.3, 0.4) is 0 Å². The van der Waals surface area contributed by atoms with Crippen LogP contribution in [0.4, 0.5) is 0 Å². The lowest BCUT2D eigenvalue weighted by Gasteiger charge is -2.06. The summed E-state index contributed by atoms with van der Waals surface area (Å²) in [6.45, 7) is 5.56. The average Bonchev–Trinajstić information content (AvgIpc) is 2.83. The molecule has 0 bridgehead atoms. The van der Waals surface area contributed by atoms with Gasteiger partial charge in [-0.1, -0.05) is 46.0 Å². The quantitative estimate of drug-likeness (QED) is 0.553. The molecule has 0 aromatic rings. The molecule has 2 rings (SSSR count). The standard InChI is InChI=1S/C8H15N.C3H8/c1-2-4-6-8(5-3-1)7-9-8;1-3-2/h9H,1-7H2;3H2,1-2H3. The molecule has 1 saturated heterocycles. The van der Waals surface area contributed by atoms with Gasteiger partial charge < -0.3 is 5.32 Å². The van der Waals surface area contributed by atoms with E-state index in [0.29, 0.717) is 5.54 Å². The van der Waals surface area contributed by atoms with Crippen molar-refractivity contribution in [3.05, 3.63) is 0 Å². The van der Waals surface area contributed by atoms with E-state index in [1.165, 1.54) is 51.5 Å². The molecule has 0 atom stereocenters. The molecule has 0 amide bonds. The lowest BCUT2D eigenvalue weighted by atomic mass is 10.0. The van der Waals surface area contributed by atoms with Crippen molar-refractivity contribution < 1.29 is 0 Å². The van der Waals surface area contributed by atoms with Crippen molar-refractivity contribution in [1.29, 1.82) is 0 Å². The molecule has 1 aliphatic carbocycles. The summed E-state index contributed by atoms with van der Waals surface area (Å²) in [6.07, 6.45) is 10.0. The van der Waals surface area contributed by atoms with Crippen molar-refractivity contribution in [2.75, 3.05) is 6.54 Å². The lowest BCUT2D eigenvalue weighted by molar-refractivity contribution is 0.541. The van der Waals surface area contributed by atoms with Gasteiger partial charge in [0.1, 0.15) is 0 Å². The van der Waals surface area contributed by atoms with Gasteiger partial charge in [0, 0.05) is 12.1 Å². The maximum atomic E-state index is 3.49. The Morgan fingerprint density at radius 1 is 1.00 bits per heavy atom. The normalized spacial score (nSPS) is 25.5. The molecule has 12 heavy (non-hydrogen) atoms. The van der Waals surface area contributed by atoms with E-state index in [1.807, 2.05) is 0 Å². The van der Waals surface area contributed by atoms with Crippen LogP contribution >= 0.6 is 0 Å². The molecule has 2 fully saturated rings. The van der Waals surface area contributed by atoms with Gasteiger partial charge in [0.05, 0.1) is 0 Å². The predicted octanol–water partition coefficient (Wildman–Crippen LogP) is 3.10. The summed E-state index contributed by atoms with van der Waals surface area (Å²) in [6, 6.07) is 0. The summed E-state index contributed by atoms with van der Waals surface area (Å²) >= 11 is 0. The number of hydrogen-bond acceptors (Lipinski definition) is 1. The predicted molar refractivity (Wildman–Crippen MR) is 54.4 cm³/mol. The summed E-state index contributed by atoms with van der Waals surface area (Å²) in [5.74, 6) is 0. The second-order valence-corrected chi connectivity index (χ2v) is 4.26.